The third kappa shape index (κ3) is 0.934. The second-order valence-corrected chi connectivity index (χ2v) is 3.55. The molecule has 0 unspecified atom stereocenters. The Bertz CT molecular complexity index is 257. The van der Waals surface area contributed by atoms with Crippen LogP contribution >= 0.6 is 0 Å². The van der Waals surface area contributed by atoms with Crippen LogP contribution in [0.25, 0.3) is 0 Å². The van der Waals surface area contributed by atoms with Gasteiger partial charge in [0.15, 0.2) is 5.78 Å². The van der Waals surface area contributed by atoms with Crippen molar-refractivity contribution in [2.45, 2.75) is 19.4 Å². The molecule has 1 aliphatic heterocycles. The Balaban J connectivity index is 2.27. The first-order valence-corrected chi connectivity index (χ1v) is 4.31. The van der Waals surface area contributed by atoms with Crippen molar-refractivity contribution in [1.29, 1.82) is 0 Å². The van der Waals surface area contributed by atoms with Crippen LogP contribution in [0.1, 0.15) is 13.3 Å². The van der Waals surface area contributed by atoms with Gasteiger partial charge in [-0.1, -0.05) is 0 Å². The minimum atomic E-state index is 0.112. The fraction of sp³-hybridized carbons (Fsp3) is 0.667. The van der Waals surface area contributed by atoms with Crippen LogP contribution in [0.15, 0.2) is 11.1 Å². The summed E-state index contributed by atoms with van der Waals surface area (Å²) in [5.74, 6) is 0.539. The van der Waals surface area contributed by atoms with Gasteiger partial charge in [0.05, 0.1) is 6.61 Å². The first-order valence-electron chi connectivity index (χ1n) is 4.31. The van der Waals surface area contributed by atoms with Gasteiger partial charge in [-0.2, -0.15) is 0 Å². The lowest BCUT2D eigenvalue weighted by atomic mass is 9.98. The Kier molecular flexibility index (Phi) is 1.77. The van der Waals surface area contributed by atoms with E-state index in [1.165, 1.54) is 5.57 Å². The van der Waals surface area contributed by atoms with Crippen molar-refractivity contribution in [3.05, 3.63) is 11.1 Å². The van der Waals surface area contributed by atoms with Crippen LogP contribution in [0.4, 0.5) is 0 Å². The lowest BCUT2D eigenvalue weighted by molar-refractivity contribution is -0.115. The Labute approximate surface area is 71.5 Å². The number of carbonyl (C=O) groups excluding carboxylic acids is 1. The minimum Gasteiger partial charge on any atom is -0.395 e. The normalized spacial score (nSPS) is 34.7. The molecular weight excluding hydrogens is 154 g/mol. The molecule has 0 aromatic heterocycles. The second kappa shape index (κ2) is 2.68. The molecule has 0 bridgehead atoms. The fourth-order valence-corrected chi connectivity index (χ4v) is 2.16. The number of carbonyl (C=O) groups is 1. The molecule has 1 heterocycles. The van der Waals surface area contributed by atoms with Gasteiger partial charge in [-0.15, -0.1) is 0 Å². The van der Waals surface area contributed by atoms with E-state index in [-0.39, 0.29) is 24.3 Å². The van der Waals surface area contributed by atoms with E-state index in [1.54, 1.807) is 0 Å². The van der Waals surface area contributed by atoms with Gasteiger partial charge in [0.2, 0.25) is 0 Å². The van der Waals surface area contributed by atoms with Gasteiger partial charge in [-0.25, -0.2) is 0 Å². The second-order valence-electron chi connectivity index (χ2n) is 3.55. The molecule has 3 heteroatoms. The summed E-state index contributed by atoms with van der Waals surface area (Å²) in [4.78, 5) is 11.3. The van der Waals surface area contributed by atoms with E-state index in [4.69, 9.17) is 5.11 Å². The maximum absolute atomic E-state index is 11.3. The zero-order valence-corrected chi connectivity index (χ0v) is 7.13. The van der Waals surface area contributed by atoms with Gasteiger partial charge < -0.3 is 10.4 Å². The molecule has 0 amide bonds. The van der Waals surface area contributed by atoms with Crippen molar-refractivity contribution in [3.8, 4) is 0 Å². The van der Waals surface area contributed by atoms with Gasteiger partial charge in [-0.3, -0.25) is 4.79 Å². The minimum absolute atomic E-state index is 0.112. The Morgan fingerprint density at radius 3 is 3.08 bits per heavy atom. The van der Waals surface area contributed by atoms with Crippen LogP contribution < -0.4 is 5.32 Å². The number of ketones is 1. The van der Waals surface area contributed by atoms with Crippen molar-refractivity contribution >= 4 is 5.78 Å². The highest BCUT2D eigenvalue weighted by Gasteiger charge is 2.38. The van der Waals surface area contributed by atoms with Crippen LogP contribution in [-0.4, -0.2) is 30.1 Å². The van der Waals surface area contributed by atoms with E-state index in [9.17, 15) is 4.79 Å². The number of Topliss-reactive ketones (excluding diaryl/α,β-unsaturated/α-hetero) is 1. The van der Waals surface area contributed by atoms with Gasteiger partial charge in [-0.05, 0) is 18.1 Å². The molecule has 1 aliphatic carbocycles. The van der Waals surface area contributed by atoms with E-state index in [2.05, 4.69) is 5.32 Å². The fourth-order valence-electron chi connectivity index (χ4n) is 2.16. The lowest BCUT2D eigenvalue weighted by Gasteiger charge is -2.12. The van der Waals surface area contributed by atoms with Crippen molar-refractivity contribution in [3.63, 3.8) is 0 Å². The van der Waals surface area contributed by atoms with Crippen LogP contribution in [-0.2, 0) is 4.79 Å². The molecule has 0 spiro atoms. The highest BCUT2D eigenvalue weighted by Crippen LogP contribution is 2.34. The number of aliphatic hydroxyl groups excluding tert-OH is 1. The van der Waals surface area contributed by atoms with Crippen LogP contribution in [0.2, 0.25) is 0 Å². The number of aliphatic hydroxyl groups is 1. The first-order chi connectivity index (χ1) is 5.74. The average molecular weight is 167 g/mol. The largest absolute Gasteiger partial charge is 0.395 e. The molecule has 2 aliphatic rings. The highest BCUT2D eigenvalue weighted by molar-refractivity contribution is 5.99. The van der Waals surface area contributed by atoms with E-state index in [1.807, 2.05) is 6.92 Å². The van der Waals surface area contributed by atoms with Crippen molar-refractivity contribution in [2.24, 2.45) is 5.92 Å². The highest BCUT2D eigenvalue weighted by atomic mass is 16.3. The summed E-state index contributed by atoms with van der Waals surface area (Å²) in [5, 5.41) is 12.2. The summed E-state index contributed by atoms with van der Waals surface area (Å²) in [6.07, 6.45) is 0.597. The van der Waals surface area contributed by atoms with E-state index < -0.39 is 0 Å². The van der Waals surface area contributed by atoms with Gasteiger partial charge in [0, 0.05) is 24.9 Å². The number of hydrogen-bond donors (Lipinski definition) is 2. The van der Waals surface area contributed by atoms with E-state index in [0.29, 0.717) is 6.42 Å². The summed E-state index contributed by atoms with van der Waals surface area (Å²) >= 11 is 0. The summed E-state index contributed by atoms with van der Waals surface area (Å²) in [6, 6.07) is 0.112. The lowest BCUT2D eigenvalue weighted by Crippen LogP contribution is -2.31. The zero-order valence-electron chi connectivity index (χ0n) is 7.13. The molecule has 0 saturated carbocycles. The number of allylic oxidation sites excluding steroid dienone is 1. The number of rotatable bonds is 1. The summed E-state index contributed by atoms with van der Waals surface area (Å²) in [6.45, 7) is 2.81. The molecule has 2 atom stereocenters. The number of nitrogens with one attached hydrogen (secondary N) is 1. The van der Waals surface area contributed by atoms with E-state index >= 15 is 0 Å². The maximum Gasteiger partial charge on any atom is 0.159 e. The SMILES string of the molecule is CC1=C2CN[C@H](CO)[C@H]2CC1=O. The van der Waals surface area contributed by atoms with Crippen LogP contribution in [0, 0.1) is 5.92 Å². The predicted octanol–water partition coefficient (Wildman–Crippen LogP) is -0.144. The summed E-state index contributed by atoms with van der Waals surface area (Å²) < 4.78 is 0. The molecule has 66 valence electrons. The monoisotopic (exact) mass is 167 g/mol. The van der Waals surface area contributed by atoms with Crippen LogP contribution in [0.5, 0.6) is 0 Å². The molecule has 2 rings (SSSR count). The van der Waals surface area contributed by atoms with Gasteiger partial charge in [0.25, 0.3) is 0 Å². The molecule has 1 fully saturated rings. The Hall–Kier alpha value is -0.670. The smallest absolute Gasteiger partial charge is 0.159 e. The van der Waals surface area contributed by atoms with Crippen LogP contribution in [0.3, 0.4) is 0 Å². The third-order valence-corrected chi connectivity index (χ3v) is 2.99. The summed E-state index contributed by atoms with van der Waals surface area (Å²) in [7, 11) is 0. The topological polar surface area (TPSA) is 49.3 Å². The average Bonchev–Trinajstić information content (AvgIpc) is 2.55. The molecule has 1 saturated heterocycles. The standard InChI is InChI=1S/C9H13NO2/c1-5-7-3-10-8(4-11)6(7)2-9(5)12/h6,8,10-11H,2-4H2,1H3/t6-,8+/m0/s1. The molecule has 12 heavy (non-hydrogen) atoms. The Morgan fingerprint density at radius 1 is 1.67 bits per heavy atom. The molecule has 0 aromatic rings. The molecule has 0 aromatic carbocycles. The van der Waals surface area contributed by atoms with Crippen molar-refractivity contribution in [2.75, 3.05) is 13.2 Å². The van der Waals surface area contributed by atoms with E-state index in [0.717, 1.165) is 12.1 Å². The van der Waals surface area contributed by atoms with Gasteiger partial charge in [0.1, 0.15) is 0 Å². The number of fused-ring (bicyclic) bond motifs is 1. The molecule has 2 N–H and O–H groups in total. The zero-order chi connectivity index (χ0) is 8.72. The maximum atomic E-state index is 11.3. The van der Waals surface area contributed by atoms with Gasteiger partial charge >= 0.3 is 0 Å². The van der Waals surface area contributed by atoms with Crippen molar-refractivity contribution in [1.82, 2.24) is 5.32 Å². The summed E-state index contributed by atoms with van der Waals surface area (Å²) in [5.41, 5.74) is 2.14. The molecule has 0 radical (unpaired) electrons. The molecular formula is C9H13NO2. The quantitative estimate of drug-likeness (QED) is 0.571. The number of hydrogen-bond acceptors (Lipinski definition) is 3. The Morgan fingerprint density at radius 2 is 2.42 bits per heavy atom. The first kappa shape index (κ1) is 7.95. The third-order valence-electron chi connectivity index (χ3n) is 2.99. The van der Waals surface area contributed by atoms with Crippen molar-refractivity contribution < 1.29 is 9.90 Å². The predicted molar refractivity (Wildman–Crippen MR) is 44.7 cm³/mol. The molecule has 3 nitrogen and oxygen atoms in total.